The highest BCUT2D eigenvalue weighted by atomic mass is 35.5. The van der Waals surface area contributed by atoms with Crippen molar-refractivity contribution in [2.45, 2.75) is 59.1 Å². The second-order valence-electron chi connectivity index (χ2n) is 11.8. The van der Waals surface area contributed by atoms with Crippen LogP contribution in [0, 0.1) is 52.2 Å². The van der Waals surface area contributed by atoms with E-state index in [1.54, 1.807) is 13.0 Å². The number of aldehydes is 1. The van der Waals surface area contributed by atoms with Crippen LogP contribution in [0.5, 0.6) is 0 Å². The van der Waals surface area contributed by atoms with Crippen LogP contribution in [0.25, 0.3) is 0 Å². The number of carbonyl (C=O) groups excluding carboxylic acids is 2. The highest BCUT2D eigenvalue weighted by molar-refractivity contribution is 6.30. The van der Waals surface area contributed by atoms with Gasteiger partial charge in [-0.2, -0.15) is 0 Å². The second kappa shape index (κ2) is 8.55. The average molecular weight is 500 g/mol. The molecule has 0 aromatic heterocycles. The number of benzene rings is 1. The lowest BCUT2D eigenvalue weighted by Crippen LogP contribution is -2.52. The molecule has 0 aliphatic heterocycles. The van der Waals surface area contributed by atoms with E-state index in [0.717, 1.165) is 37.5 Å². The van der Waals surface area contributed by atoms with Crippen LogP contribution in [0.4, 0.5) is 4.39 Å². The number of aliphatic hydroxyl groups excluding tert-OH is 1. The SMILES string of the molecule is C=C1CC23CC1CCC2C1=CC(C)C(C(C)O)C(C)(C=O)C1C3C(=O)NCc1ccc(F)c(Cl)c1. The van der Waals surface area contributed by atoms with E-state index in [1.807, 2.05) is 6.92 Å². The summed E-state index contributed by atoms with van der Waals surface area (Å²) in [5.74, 6) is -0.777. The fourth-order valence-corrected chi connectivity index (χ4v) is 8.96. The lowest BCUT2D eigenvalue weighted by molar-refractivity contribution is -0.140. The van der Waals surface area contributed by atoms with Crippen LogP contribution in [0.2, 0.25) is 5.02 Å². The second-order valence-corrected chi connectivity index (χ2v) is 12.2. The van der Waals surface area contributed by atoms with Crippen molar-refractivity contribution < 1.29 is 19.1 Å². The van der Waals surface area contributed by atoms with Crippen LogP contribution in [0.1, 0.15) is 52.0 Å². The van der Waals surface area contributed by atoms with Crippen molar-refractivity contribution in [3.8, 4) is 0 Å². The Kier molecular flexibility index (Phi) is 6.04. The van der Waals surface area contributed by atoms with Gasteiger partial charge in [-0.3, -0.25) is 4.79 Å². The van der Waals surface area contributed by atoms with E-state index in [1.165, 1.54) is 23.3 Å². The summed E-state index contributed by atoms with van der Waals surface area (Å²) < 4.78 is 13.6. The van der Waals surface area contributed by atoms with Crippen molar-refractivity contribution in [2.75, 3.05) is 0 Å². The first-order chi connectivity index (χ1) is 16.5. The molecule has 3 fully saturated rings. The Hall–Kier alpha value is -1.98. The number of halogens is 2. The van der Waals surface area contributed by atoms with Crippen molar-refractivity contribution in [3.05, 3.63) is 58.4 Å². The topological polar surface area (TPSA) is 66.4 Å². The minimum Gasteiger partial charge on any atom is -0.393 e. The van der Waals surface area contributed by atoms with Crippen molar-refractivity contribution in [1.82, 2.24) is 5.32 Å². The molecule has 0 radical (unpaired) electrons. The molecule has 4 nitrogen and oxygen atoms in total. The number of fused-ring (bicyclic) bond motifs is 3. The first kappa shape index (κ1) is 24.7. The fourth-order valence-electron chi connectivity index (χ4n) is 8.75. The molecule has 1 aromatic rings. The highest BCUT2D eigenvalue weighted by Gasteiger charge is 2.69. The molecular formula is C29H35ClFNO3. The standard InChI is InChI=1S/C29H35ClFNO3/c1-15-9-20-21-7-6-19-12-29(21,11-16(19)2)26(25(20)28(4,14-33)24(15)17(3)34)27(35)32-13-18-5-8-23(31)22(30)10-18/h5,8-10,14-15,17,19,21,24-26,34H,2,6-7,11-13H2,1,3-4H3,(H,32,35). The molecule has 9 atom stereocenters. The van der Waals surface area contributed by atoms with Crippen LogP contribution >= 0.6 is 11.6 Å². The Morgan fingerprint density at radius 1 is 1.40 bits per heavy atom. The van der Waals surface area contributed by atoms with Crippen LogP contribution < -0.4 is 5.32 Å². The Balaban J connectivity index is 1.57. The normalized spacial score (nSPS) is 40.5. The van der Waals surface area contributed by atoms with Gasteiger partial charge in [-0.05, 0) is 73.5 Å². The van der Waals surface area contributed by atoms with Gasteiger partial charge in [-0.25, -0.2) is 4.39 Å². The molecule has 6 heteroatoms. The molecule has 35 heavy (non-hydrogen) atoms. The van der Waals surface area contributed by atoms with Gasteiger partial charge in [0.05, 0.1) is 17.0 Å². The van der Waals surface area contributed by atoms with Gasteiger partial charge in [0.15, 0.2) is 0 Å². The molecule has 5 rings (SSSR count). The number of hydrogen-bond acceptors (Lipinski definition) is 3. The van der Waals surface area contributed by atoms with E-state index in [4.69, 9.17) is 11.6 Å². The van der Waals surface area contributed by atoms with Crippen LogP contribution in [-0.2, 0) is 16.1 Å². The molecule has 1 amide bonds. The van der Waals surface area contributed by atoms with Crippen molar-refractivity contribution in [3.63, 3.8) is 0 Å². The molecular weight excluding hydrogens is 465 g/mol. The molecule has 0 saturated heterocycles. The van der Waals surface area contributed by atoms with E-state index < -0.39 is 17.3 Å². The Bertz CT molecular complexity index is 1120. The van der Waals surface area contributed by atoms with Gasteiger partial charge in [-0.15, -0.1) is 0 Å². The summed E-state index contributed by atoms with van der Waals surface area (Å²) in [6, 6.07) is 4.46. The predicted octanol–water partition coefficient (Wildman–Crippen LogP) is 5.48. The van der Waals surface area contributed by atoms with Gasteiger partial charge in [0.25, 0.3) is 0 Å². The van der Waals surface area contributed by atoms with Crippen molar-refractivity contribution in [2.24, 2.45) is 46.3 Å². The molecule has 188 valence electrons. The van der Waals surface area contributed by atoms with Crippen molar-refractivity contribution >= 4 is 23.8 Å². The summed E-state index contributed by atoms with van der Waals surface area (Å²) in [6.07, 6.45) is 6.41. The van der Waals surface area contributed by atoms with E-state index in [2.05, 4.69) is 24.9 Å². The van der Waals surface area contributed by atoms with E-state index in [9.17, 15) is 19.1 Å². The lowest BCUT2D eigenvalue weighted by atomic mass is 9.55. The Morgan fingerprint density at radius 3 is 2.80 bits per heavy atom. The molecule has 0 heterocycles. The maximum Gasteiger partial charge on any atom is 0.224 e. The largest absolute Gasteiger partial charge is 0.393 e. The number of amides is 1. The summed E-state index contributed by atoms with van der Waals surface area (Å²) in [7, 11) is 0. The monoisotopic (exact) mass is 499 g/mol. The number of aliphatic hydroxyl groups is 1. The maximum absolute atomic E-state index is 14.1. The molecule has 2 N–H and O–H groups in total. The first-order valence-electron chi connectivity index (χ1n) is 12.8. The third-order valence-electron chi connectivity index (χ3n) is 9.89. The summed E-state index contributed by atoms with van der Waals surface area (Å²) in [6.45, 7) is 10.4. The zero-order chi connectivity index (χ0) is 25.3. The van der Waals surface area contributed by atoms with Gasteiger partial charge >= 0.3 is 0 Å². The molecule has 4 aliphatic carbocycles. The van der Waals surface area contributed by atoms with Gasteiger partial charge < -0.3 is 15.2 Å². The average Bonchev–Trinajstić information content (AvgIpc) is 3.23. The first-order valence-corrected chi connectivity index (χ1v) is 13.2. The molecule has 1 aromatic carbocycles. The molecule has 3 saturated carbocycles. The third-order valence-corrected chi connectivity index (χ3v) is 10.2. The number of nitrogens with one attached hydrogen (secondary N) is 1. The number of rotatable bonds is 5. The molecule has 1 spiro atoms. The van der Waals surface area contributed by atoms with Gasteiger partial charge in [0.2, 0.25) is 5.91 Å². The van der Waals surface area contributed by atoms with E-state index in [0.29, 0.717) is 5.92 Å². The quantitative estimate of drug-likeness (QED) is 0.416. The van der Waals surface area contributed by atoms with Crippen molar-refractivity contribution in [1.29, 1.82) is 0 Å². The zero-order valence-electron chi connectivity index (χ0n) is 20.7. The Morgan fingerprint density at radius 2 is 2.14 bits per heavy atom. The summed E-state index contributed by atoms with van der Waals surface area (Å²) in [5, 5.41) is 13.9. The van der Waals surface area contributed by atoms with Gasteiger partial charge in [0, 0.05) is 23.8 Å². The molecule has 9 unspecified atom stereocenters. The third kappa shape index (κ3) is 3.56. The summed E-state index contributed by atoms with van der Waals surface area (Å²) >= 11 is 5.95. The predicted molar refractivity (Wildman–Crippen MR) is 134 cm³/mol. The van der Waals surface area contributed by atoms with Crippen LogP contribution in [0.3, 0.4) is 0 Å². The number of allylic oxidation sites excluding steroid dienone is 3. The lowest BCUT2D eigenvalue weighted by Gasteiger charge is -2.48. The van der Waals surface area contributed by atoms with E-state index >= 15 is 0 Å². The highest BCUT2D eigenvalue weighted by Crippen LogP contribution is 2.73. The smallest absolute Gasteiger partial charge is 0.224 e. The van der Waals surface area contributed by atoms with Crippen LogP contribution in [-0.4, -0.2) is 23.4 Å². The summed E-state index contributed by atoms with van der Waals surface area (Å²) in [5.41, 5.74) is 2.08. The van der Waals surface area contributed by atoms with Gasteiger partial charge in [-0.1, -0.05) is 55.3 Å². The molecule has 2 bridgehead atoms. The van der Waals surface area contributed by atoms with Crippen LogP contribution in [0.15, 0.2) is 42.0 Å². The van der Waals surface area contributed by atoms with E-state index in [-0.39, 0.29) is 52.5 Å². The minimum absolute atomic E-state index is 0.0262. The summed E-state index contributed by atoms with van der Waals surface area (Å²) in [4.78, 5) is 26.9. The van der Waals surface area contributed by atoms with Gasteiger partial charge in [0.1, 0.15) is 12.1 Å². The molecule has 4 aliphatic rings. The zero-order valence-corrected chi connectivity index (χ0v) is 21.4. The Labute approximate surface area is 212 Å². The maximum atomic E-state index is 14.1. The minimum atomic E-state index is -0.857. The number of hydrogen-bond donors (Lipinski definition) is 2. The fraction of sp³-hybridized carbons (Fsp3) is 0.586. The number of carbonyl (C=O) groups is 2.